The Morgan fingerprint density at radius 2 is 2.00 bits per heavy atom. The fourth-order valence-electron chi connectivity index (χ4n) is 2.16. The number of rotatable bonds is 7. The van der Waals surface area contributed by atoms with Crippen molar-refractivity contribution in [2.24, 2.45) is 0 Å². The van der Waals surface area contributed by atoms with Gasteiger partial charge in [-0.1, -0.05) is 24.3 Å². The summed E-state index contributed by atoms with van der Waals surface area (Å²) >= 11 is 0. The molecule has 0 saturated heterocycles. The van der Waals surface area contributed by atoms with Crippen LogP contribution in [0.5, 0.6) is 11.5 Å². The van der Waals surface area contributed by atoms with Gasteiger partial charge in [0.15, 0.2) is 18.1 Å². The SMILES string of the molecule is CCOc1cc(/C=C(/C#N)c2ccccc2F)ccc1OCC(=O)O. The summed E-state index contributed by atoms with van der Waals surface area (Å²) in [5, 5.41) is 18.0. The van der Waals surface area contributed by atoms with Gasteiger partial charge in [0.2, 0.25) is 0 Å². The average molecular weight is 341 g/mol. The second kappa shape index (κ2) is 8.50. The van der Waals surface area contributed by atoms with Crippen LogP contribution in [0.25, 0.3) is 11.6 Å². The van der Waals surface area contributed by atoms with Gasteiger partial charge in [-0.3, -0.25) is 0 Å². The molecule has 0 aliphatic heterocycles. The summed E-state index contributed by atoms with van der Waals surface area (Å²) in [4.78, 5) is 10.6. The van der Waals surface area contributed by atoms with Gasteiger partial charge in [-0.05, 0) is 36.8 Å². The molecule has 0 aliphatic carbocycles. The molecule has 0 saturated carbocycles. The van der Waals surface area contributed by atoms with Crippen molar-refractivity contribution in [3.63, 3.8) is 0 Å². The Morgan fingerprint density at radius 3 is 2.64 bits per heavy atom. The van der Waals surface area contributed by atoms with Crippen LogP contribution in [0.3, 0.4) is 0 Å². The van der Waals surface area contributed by atoms with E-state index in [4.69, 9.17) is 14.6 Å². The van der Waals surface area contributed by atoms with Crippen LogP contribution in [0.2, 0.25) is 0 Å². The Kier molecular flexibility index (Phi) is 6.13. The molecule has 0 bridgehead atoms. The lowest BCUT2D eigenvalue weighted by molar-refractivity contribution is -0.139. The molecule has 2 aromatic rings. The predicted molar refractivity (Wildman–Crippen MR) is 90.6 cm³/mol. The summed E-state index contributed by atoms with van der Waals surface area (Å²) in [6.07, 6.45) is 1.53. The second-order valence-electron chi connectivity index (χ2n) is 4.97. The topological polar surface area (TPSA) is 79.5 Å². The highest BCUT2D eigenvalue weighted by Crippen LogP contribution is 2.30. The summed E-state index contributed by atoms with van der Waals surface area (Å²) in [7, 11) is 0. The zero-order valence-electron chi connectivity index (χ0n) is 13.5. The molecule has 0 atom stereocenters. The third-order valence-corrected chi connectivity index (χ3v) is 3.21. The number of carboxylic acid groups (broad SMARTS) is 1. The van der Waals surface area contributed by atoms with Crippen molar-refractivity contribution >= 4 is 17.6 Å². The number of benzene rings is 2. The maximum atomic E-state index is 13.9. The van der Waals surface area contributed by atoms with Gasteiger partial charge in [-0.25, -0.2) is 9.18 Å². The lowest BCUT2D eigenvalue weighted by Crippen LogP contribution is -2.10. The van der Waals surface area contributed by atoms with E-state index < -0.39 is 18.4 Å². The highest BCUT2D eigenvalue weighted by atomic mass is 19.1. The van der Waals surface area contributed by atoms with Crippen molar-refractivity contribution in [2.45, 2.75) is 6.92 Å². The van der Waals surface area contributed by atoms with Crippen LogP contribution in [0.1, 0.15) is 18.1 Å². The Balaban J connectivity index is 2.38. The molecule has 2 rings (SSSR count). The number of nitrogens with zero attached hydrogens (tertiary/aromatic N) is 1. The molecule has 0 aliphatic rings. The maximum absolute atomic E-state index is 13.9. The van der Waals surface area contributed by atoms with Gasteiger partial charge >= 0.3 is 5.97 Å². The molecule has 6 heteroatoms. The van der Waals surface area contributed by atoms with E-state index in [0.29, 0.717) is 17.9 Å². The van der Waals surface area contributed by atoms with Crippen molar-refractivity contribution in [3.8, 4) is 17.6 Å². The van der Waals surface area contributed by atoms with Crippen LogP contribution in [0.15, 0.2) is 42.5 Å². The maximum Gasteiger partial charge on any atom is 0.341 e. The van der Waals surface area contributed by atoms with Crippen molar-refractivity contribution in [1.29, 1.82) is 5.26 Å². The monoisotopic (exact) mass is 341 g/mol. The third-order valence-electron chi connectivity index (χ3n) is 3.21. The van der Waals surface area contributed by atoms with E-state index >= 15 is 0 Å². The summed E-state index contributed by atoms with van der Waals surface area (Å²) < 4.78 is 24.5. The Morgan fingerprint density at radius 1 is 1.24 bits per heavy atom. The number of ether oxygens (including phenoxy) is 2. The zero-order chi connectivity index (χ0) is 18.2. The summed E-state index contributed by atoms with van der Waals surface area (Å²) in [5.74, 6) is -0.950. The van der Waals surface area contributed by atoms with Crippen LogP contribution in [0, 0.1) is 17.1 Å². The van der Waals surface area contributed by atoms with Crippen LogP contribution < -0.4 is 9.47 Å². The van der Waals surface area contributed by atoms with Gasteiger partial charge in [0.25, 0.3) is 0 Å². The van der Waals surface area contributed by atoms with Crippen molar-refractivity contribution in [3.05, 3.63) is 59.4 Å². The van der Waals surface area contributed by atoms with Gasteiger partial charge in [-0.15, -0.1) is 0 Å². The molecule has 0 amide bonds. The molecular weight excluding hydrogens is 325 g/mol. The number of hydrogen-bond acceptors (Lipinski definition) is 4. The minimum Gasteiger partial charge on any atom is -0.490 e. The normalized spacial score (nSPS) is 10.8. The first kappa shape index (κ1) is 18.0. The zero-order valence-corrected chi connectivity index (χ0v) is 13.5. The fraction of sp³-hybridized carbons (Fsp3) is 0.158. The number of hydrogen-bond donors (Lipinski definition) is 1. The van der Waals surface area contributed by atoms with E-state index in [0.717, 1.165) is 0 Å². The van der Waals surface area contributed by atoms with Gasteiger partial charge in [0.05, 0.1) is 18.2 Å². The molecule has 2 aromatic carbocycles. The molecule has 0 heterocycles. The highest BCUT2D eigenvalue weighted by molar-refractivity contribution is 5.90. The highest BCUT2D eigenvalue weighted by Gasteiger charge is 2.10. The third kappa shape index (κ3) is 4.82. The van der Waals surface area contributed by atoms with Gasteiger partial charge in [-0.2, -0.15) is 5.26 Å². The minimum absolute atomic E-state index is 0.166. The van der Waals surface area contributed by atoms with Gasteiger partial charge in [0.1, 0.15) is 5.82 Å². The first-order valence-electron chi connectivity index (χ1n) is 7.53. The molecule has 25 heavy (non-hydrogen) atoms. The summed E-state index contributed by atoms with van der Waals surface area (Å²) in [6.45, 7) is 1.65. The van der Waals surface area contributed by atoms with Crippen LogP contribution in [0.4, 0.5) is 4.39 Å². The summed E-state index contributed by atoms with van der Waals surface area (Å²) in [6, 6.07) is 12.8. The lowest BCUT2D eigenvalue weighted by atomic mass is 10.0. The molecule has 0 spiro atoms. The number of carboxylic acids is 1. The fourth-order valence-corrected chi connectivity index (χ4v) is 2.16. The molecule has 0 radical (unpaired) electrons. The van der Waals surface area contributed by atoms with E-state index in [1.807, 2.05) is 6.07 Å². The van der Waals surface area contributed by atoms with E-state index in [1.165, 1.54) is 18.2 Å². The first-order chi connectivity index (χ1) is 12.0. The molecule has 128 valence electrons. The van der Waals surface area contributed by atoms with Gasteiger partial charge in [0, 0.05) is 5.56 Å². The first-order valence-corrected chi connectivity index (χ1v) is 7.53. The Labute approximate surface area is 144 Å². The lowest BCUT2D eigenvalue weighted by Gasteiger charge is -2.11. The summed E-state index contributed by atoms with van der Waals surface area (Å²) in [5.41, 5.74) is 0.972. The average Bonchev–Trinajstić information content (AvgIpc) is 2.60. The number of halogens is 1. The molecule has 0 aromatic heterocycles. The molecular formula is C19H16FNO4. The quantitative estimate of drug-likeness (QED) is 0.613. The van der Waals surface area contributed by atoms with Crippen LogP contribution in [-0.4, -0.2) is 24.3 Å². The van der Waals surface area contributed by atoms with Crippen molar-refractivity contribution in [1.82, 2.24) is 0 Å². The van der Waals surface area contributed by atoms with E-state index in [-0.39, 0.29) is 16.9 Å². The standard InChI is InChI=1S/C19H16FNO4/c1-2-24-18-10-13(7-8-17(18)25-12-19(22)23)9-14(11-21)15-5-3-4-6-16(15)20/h3-10H,2,12H2,1H3,(H,22,23)/b14-9-. The van der Waals surface area contributed by atoms with E-state index in [2.05, 4.69) is 0 Å². The predicted octanol–water partition coefficient (Wildman–Crippen LogP) is 3.75. The smallest absolute Gasteiger partial charge is 0.341 e. The van der Waals surface area contributed by atoms with E-state index in [1.54, 1.807) is 37.3 Å². The van der Waals surface area contributed by atoms with Gasteiger partial charge < -0.3 is 14.6 Å². The Hall–Kier alpha value is -3.33. The Bertz CT molecular complexity index is 840. The van der Waals surface area contributed by atoms with Crippen molar-refractivity contribution in [2.75, 3.05) is 13.2 Å². The second-order valence-corrected chi connectivity index (χ2v) is 4.97. The minimum atomic E-state index is -1.10. The van der Waals surface area contributed by atoms with Crippen molar-refractivity contribution < 1.29 is 23.8 Å². The molecule has 5 nitrogen and oxygen atoms in total. The molecule has 1 N–H and O–H groups in total. The molecule has 0 unspecified atom stereocenters. The number of nitriles is 1. The van der Waals surface area contributed by atoms with Crippen LogP contribution in [-0.2, 0) is 4.79 Å². The van der Waals surface area contributed by atoms with Crippen LogP contribution >= 0.6 is 0 Å². The molecule has 0 fully saturated rings. The largest absolute Gasteiger partial charge is 0.490 e. The number of carbonyl (C=O) groups is 1. The number of allylic oxidation sites excluding steroid dienone is 1. The number of aliphatic carboxylic acids is 1. The van der Waals surface area contributed by atoms with E-state index in [9.17, 15) is 14.4 Å².